The summed E-state index contributed by atoms with van der Waals surface area (Å²) in [5, 5.41) is 31.5. The second kappa shape index (κ2) is 6.77. The average molecular weight is 329 g/mol. The van der Waals surface area contributed by atoms with Crippen molar-refractivity contribution < 1.29 is 24.7 Å². The number of aliphatic hydroxyl groups is 2. The van der Waals surface area contributed by atoms with Gasteiger partial charge < -0.3 is 14.9 Å². The number of nitro groups is 1. The fourth-order valence-corrected chi connectivity index (χ4v) is 3.21. The topological polar surface area (TPSA) is 110 Å². The van der Waals surface area contributed by atoms with Crippen molar-refractivity contribution in [1.29, 1.82) is 0 Å². The van der Waals surface area contributed by atoms with Crippen LogP contribution < -0.4 is 0 Å². The van der Waals surface area contributed by atoms with E-state index in [-0.39, 0.29) is 12.8 Å². The molecule has 0 radical (unpaired) electrons. The van der Waals surface area contributed by atoms with E-state index in [1.54, 1.807) is 0 Å². The summed E-state index contributed by atoms with van der Waals surface area (Å²) in [6.07, 6.45) is -1.34. The maximum Gasteiger partial charge on any atom is 0.309 e. The van der Waals surface area contributed by atoms with Gasteiger partial charge in [0.25, 0.3) is 0 Å². The van der Waals surface area contributed by atoms with E-state index >= 15 is 0 Å². The van der Waals surface area contributed by atoms with Gasteiger partial charge in [0.2, 0.25) is 6.54 Å². The number of esters is 1. The molecule has 7 nitrogen and oxygen atoms in total. The molecule has 1 aliphatic rings. The number of ether oxygens (including phenoxy) is 1. The number of carbonyl (C=O) groups is 1. The van der Waals surface area contributed by atoms with E-state index in [0.29, 0.717) is 0 Å². The molecule has 124 valence electrons. The van der Waals surface area contributed by atoms with Crippen LogP contribution in [0.3, 0.4) is 0 Å². The van der Waals surface area contributed by atoms with E-state index in [9.17, 15) is 25.1 Å². The maximum atomic E-state index is 11.9. The lowest BCUT2D eigenvalue weighted by molar-refractivity contribution is -0.493. The summed E-state index contributed by atoms with van der Waals surface area (Å²) >= 11 is 0. The molecule has 0 saturated heterocycles. The van der Waals surface area contributed by atoms with Crippen LogP contribution in [-0.2, 0) is 9.53 Å². The number of carbonyl (C=O) groups excluding carboxylic acids is 1. The number of hydrogen-bond donors (Lipinski definition) is 2. The molecule has 4 atom stereocenters. The Morgan fingerprint density at radius 1 is 1.45 bits per heavy atom. The van der Waals surface area contributed by atoms with Crippen LogP contribution in [0.15, 0.2) is 0 Å². The van der Waals surface area contributed by atoms with Gasteiger partial charge in [0, 0.05) is 17.8 Å². The third-order valence-corrected chi connectivity index (χ3v) is 4.52. The van der Waals surface area contributed by atoms with Gasteiger partial charge in [0.1, 0.15) is 13.7 Å². The van der Waals surface area contributed by atoms with E-state index in [2.05, 4.69) is 16.2 Å². The summed E-state index contributed by atoms with van der Waals surface area (Å²) in [5.74, 6) is 0.290. The standard InChI is InChI=1S/C14H23NO6Si/c1-21-13(17)10-7-14(18,5-6-22(2,3)4)8-12(16)11(10)9-15(19)20/h10-12,16,18H,7-9H2,1-4H3/t10-,11-,12+,14+/m0/s1. The van der Waals surface area contributed by atoms with Gasteiger partial charge in [-0.2, -0.15) is 0 Å². The molecule has 0 unspecified atom stereocenters. The van der Waals surface area contributed by atoms with Crippen molar-refractivity contribution in [1.82, 2.24) is 0 Å². The maximum absolute atomic E-state index is 11.9. The normalized spacial score (nSPS) is 31.8. The van der Waals surface area contributed by atoms with Gasteiger partial charge in [-0.3, -0.25) is 14.9 Å². The minimum Gasteiger partial charge on any atom is -0.469 e. The highest BCUT2D eigenvalue weighted by atomic mass is 28.3. The van der Waals surface area contributed by atoms with E-state index in [1.165, 1.54) is 7.11 Å². The summed E-state index contributed by atoms with van der Waals surface area (Å²) in [6.45, 7) is 5.49. The predicted octanol–water partition coefficient (Wildman–Crippen LogP) is 0.435. The first-order valence-electron chi connectivity index (χ1n) is 7.12. The molecular weight excluding hydrogens is 306 g/mol. The molecule has 0 aliphatic heterocycles. The van der Waals surface area contributed by atoms with Crippen molar-refractivity contribution in [2.45, 2.75) is 44.2 Å². The van der Waals surface area contributed by atoms with Crippen molar-refractivity contribution in [2.75, 3.05) is 13.7 Å². The molecule has 0 aromatic rings. The van der Waals surface area contributed by atoms with Crippen LogP contribution >= 0.6 is 0 Å². The summed E-state index contributed by atoms with van der Waals surface area (Å²) in [4.78, 5) is 22.1. The molecule has 1 rings (SSSR count). The van der Waals surface area contributed by atoms with Crippen LogP contribution in [0.2, 0.25) is 19.6 Å². The van der Waals surface area contributed by atoms with Crippen LogP contribution in [0.25, 0.3) is 0 Å². The van der Waals surface area contributed by atoms with E-state index in [0.717, 1.165) is 0 Å². The van der Waals surface area contributed by atoms with Gasteiger partial charge in [0.15, 0.2) is 0 Å². The smallest absolute Gasteiger partial charge is 0.309 e. The zero-order chi connectivity index (χ0) is 17.1. The molecule has 0 aromatic heterocycles. The fourth-order valence-electron chi connectivity index (χ4n) is 2.60. The highest BCUT2D eigenvalue weighted by molar-refractivity contribution is 6.83. The van der Waals surface area contributed by atoms with E-state index in [4.69, 9.17) is 0 Å². The quantitative estimate of drug-likeness (QED) is 0.255. The summed E-state index contributed by atoms with van der Waals surface area (Å²) in [5.41, 5.74) is 1.51. The van der Waals surface area contributed by atoms with Crippen LogP contribution in [0, 0.1) is 33.4 Å². The fraction of sp³-hybridized carbons (Fsp3) is 0.786. The third kappa shape index (κ3) is 5.09. The monoisotopic (exact) mass is 329 g/mol. The first-order chi connectivity index (χ1) is 9.97. The number of aliphatic hydroxyl groups excluding tert-OH is 1. The number of rotatable bonds is 3. The summed E-state index contributed by atoms with van der Waals surface area (Å²) in [6, 6.07) is 0. The Kier molecular flexibility index (Phi) is 5.73. The second-order valence-corrected chi connectivity index (χ2v) is 11.6. The highest BCUT2D eigenvalue weighted by Crippen LogP contribution is 2.37. The molecule has 0 bridgehead atoms. The number of methoxy groups -OCH3 is 1. The van der Waals surface area contributed by atoms with Crippen molar-refractivity contribution in [3.63, 3.8) is 0 Å². The minimum atomic E-state index is -1.74. The van der Waals surface area contributed by atoms with Crippen molar-refractivity contribution in [3.05, 3.63) is 10.1 Å². The summed E-state index contributed by atoms with van der Waals surface area (Å²) < 4.78 is 4.67. The van der Waals surface area contributed by atoms with Crippen LogP contribution in [0.1, 0.15) is 12.8 Å². The molecular formula is C14H23NO6Si. The Morgan fingerprint density at radius 2 is 2.05 bits per heavy atom. The van der Waals surface area contributed by atoms with Gasteiger partial charge in [-0.05, 0) is 0 Å². The SMILES string of the molecule is COC(=O)[C@H]1C[C@](O)(C#C[Si](C)(C)C)C[C@@H](O)[C@H]1C[N+](=O)[O-]. The van der Waals surface area contributed by atoms with Gasteiger partial charge >= 0.3 is 5.97 Å². The molecule has 0 aromatic carbocycles. The number of hydrogen-bond acceptors (Lipinski definition) is 6. The van der Waals surface area contributed by atoms with Crippen molar-refractivity contribution >= 4 is 14.0 Å². The molecule has 1 aliphatic carbocycles. The Morgan fingerprint density at radius 3 is 2.50 bits per heavy atom. The molecule has 0 spiro atoms. The average Bonchev–Trinajstić information content (AvgIpc) is 2.38. The molecule has 8 heteroatoms. The Labute approximate surface area is 130 Å². The van der Waals surface area contributed by atoms with Crippen LogP contribution in [0.5, 0.6) is 0 Å². The van der Waals surface area contributed by atoms with Crippen LogP contribution in [-0.4, -0.2) is 54.5 Å². The third-order valence-electron chi connectivity index (χ3n) is 3.65. The lowest BCUT2D eigenvalue weighted by Gasteiger charge is -2.39. The Balaban J connectivity index is 3.08. The minimum absolute atomic E-state index is 0.0628. The number of nitrogens with zero attached hydrogens (tertiary/aromatic N) is 1. The van der Waals surface area contributed by atoms with Gasteiger partial charge in [0.05, 0.1) is 25.0 Å². The van der Waals surface area contributed by atoms with Crippen LogP contribution in [0.4, 0.5) is 0 Å². The Hall–Kier alpha value is -1.43. The van der Waals surface area contributed by atoms with Gasteiger partial charge in [-0.15, -0.1) is 5.54 Å². The molecule has 22 heavy (non-hydrogen) atoms. The zero-order valence-corrected chi connectivity index (χ0v) is 14.3. The van der Waals surface area contributed by atoms with Gasteiger partial charge in [-0.1, -0.05) is 25.6 Å². The van der Waals surface area contributed by atoms with E-state index < -0.39 is 49.1 Å². The zero-order valence-electron chi connectivity index (χ0n) is 13.3. The van der Waals surface area contributed by atoms with Crippen molar-refractivity contribution in [2.24, 2.45) is 11.8 Å². The van der Waals surface area contributed by atoms with Crippen molar-refractivity contribution in [3.8, 4) is 11.5 Å². The lowest BCUT2D eigenvalue weighted by Crippen LogP contribution is -2.51. The first kappa shape index (κ1) is 18.6. The molecule has 0 heterocycles. The lowest BCUT2D eigenvalue weighted by atomic mass is 9.70. The molecule has 0 amide bonds. The summed E-state index contributed by atoms with van der Waals surface area (Å²) in [7, 11) is -0.558. The first-order valence-corrected chi connectivity index (χ1v) is 10.6. The predicted molar refractivity (Wildman–Crippen MR) is 82.2 cm³/mol. The highest BCUT2D eigenvalue weighted by Gasteiger charge is 2.49. The molecule has 1 saturated carbocycles. The largest absolute Gasteiger partial charge is 0.469 e. The molecule has 1 fully saturated rings. The Bertz CT molecular complexity index is 506. The van der Waals surface area contributed by atoms with Gasteiger partial charge in [-0.25, -0.2) is 0 Å². The second-order valence-electron chi connectivity index (χ2n) is 6.82. The van der Waals surface area contributed by atoms with E-state index in [1.807, 2.05) is 19.6 Å². The molecule has 2 N–H and O–H groups in total.